The van der Waals surface area contributed by atoms with Gasteiger partial charge in [-0.3, -0.25) is 9.69 Å². The van der Waals surface area contributed by atoms with Crippen molar-refractivity contribution in [2.75, 3.05) is 13.7 Å². The highest BCUT2D eigenvalue weighted by atomic mass is 32.2. The van der Waals surface area contributed by atoms with Gasteiger partial charge in [0.15, 0.2) is 0 Å². The van der Waals surface area contributed by atoms with Crippen LogP contribution in [0.15, 0.2) is 24.3 Å². The van der Waals surface area contributed by atoms with Crippen LogP contribution in [0.5, 0.6) is 5.75 Å². The number of amides is 2. The first-order valence-electron chi connectivity index (χ1n) is 8.23. The number of hydrogen-bond acceptors (Lipinski definition) is 5. The Balaban J connectivity index is 1.96. The van der Waals surface area contributed by atoms with Crippen molar-refractivity contribution in [1.29, 1.82) is 0 Å². The third-order valence-corrected chi connectivity index (χ3v) is 5.18. The van der Waals surface area contributed by atoms with E-state index in [1.165, 1.54) is 4.90 Å². The zero-order chi connectivity index (χ0) is 18.6. The second-order valence-corrected chi connectivity index (χ2v) is 8.36. The van der Waals surface area contributed by atoms with Gasteiger partial charge in [0.2, 0.25) is 5.91 Å². The molecule has 7 heteroatoms. The van der Waals surface area contributed by atoms with E-state index >= 15 is 0 Å². The molecule has 0 spiro atoms. The first kappa shape index (κ1) is 19.4. The molecular formula is C18H26N2O4S. The van der Waals surface area contributed by atoms with Gasteiger partial charge < -0.3 is 15.2 Å². The van der Waals surface area contributed by atoms with Crippen molar-refractivity contribution < 1.29 is 19.1 Å². The number of thioether (sulfide) groups is 1. The highest BCUT2D eigenvalue weighted by molar-refractivity contribution is 7.99. The molecule has 1 aromatic carbocycles. The number of likely N-dealkylation sites (tertiary alicyclic amines) is 1. The molecule has 25 heavy (non-hydrogen) atoms. The number of primary amides is 1. The lowest BCUT2D eigenvalue weighted by atomic mass is 10.2. The SMILES string of the molecule is COc1ccc(CS[C@@H]2C[C@@H](C(N)=O)N(C(=O)OC(C)(C)C)C2)cc1. The molecule has 6 nitrogen and oxygen atoms in total. The van der Waals surface area contributed by atoms with Crippen LogP contribution >= 0.6 is 11.8 Å². The summed E-state index contributed by atoms with van der Waals surface area (Å²) in [6, 6.07) is 7.26. The van der Waals surface area contributed by atoms with E-state index in [1.807, 2.05) is 24.3 Å². The van der Waals surface area contributed by atoms with Crippen molar-refractivity contribution in [3.05, 3.63) is 29.8 Å². The summed E-state index contributed by atoms with van der Waals surface area (Å²) >= 11 is 1.71. The standard InChI is InChI=1S/C18H26N2O4S/c1-18(2,3)24-17(22)20-10-14(9-15(20)16(19)21)25-11-12-5-7-13(23-4)8-6-12/h5-8,14-15H,9-11H2,1-4H3,(H2,19,21)/t14-,15+/m1/s1. The minimum atomic E-state index is -0.608. The fourth-order valence-corrected chi connectivity index (χ4v) is 3.85. The van der Waals surface area contributed by atoms with Crippen molar-refractivity contribution in [2.45, 2.75) is 49.8 Å². The Kier molecular flexibility index (Phi) is 6.21. The molecule has 138 valence electrons. The lowest BCUT2D eigenvalue weighted by Gasteiger charge is -2.27. The lowest BCUT2D eigenvalue weighted by Crippen LogP contribution is -2.45. The molecule has 0 aromatic heterocycles. The van der Waals surface area contributed by atoms with Crippen LogP contribution in [0, 0.1) is 0 Å². The summed E-state index contributed by atoms with van der Waals surface area (Å²) in [6.45, 7) is 5.87. The van der Waals surface area contributed by atoms with Gasteiger partial charge in [0.1, 0.15) is 17.4 Å². The summed E-state index contributed by atoms with van der Waals surface area (Å²) in [5.41, 5.74) is 6.04. The molecule has 0 bridgehead atoms. The lowest BCUT2D eigenvalue weighted by molar-refractivity contribution is -0.122. The normalized spacial score (nSPS) is 20.4. The number of carbonyl (C=O) groups excluding carboxylic acids is 2. The van der Waals surface area contributed by atoms with E-state index in [-0.39, 0.29) is 5.25 Å². The van der Waals surface area contributed by atoms with Crippen LogP contribution in [0.25, 0.3) is 0 Å². The summed E-state index contributed by atoms with van der Waals surface area (Å²) < 4.78 is 10.5. The molecule has 1 heterocycles. The Bertz CT molecular complexity index is 612. The Morgan fingerprint density at radius 1 is 1.28 bits per heavy atom. The Morgan fingerprint density at radius 2 is 1.92 bits per heavy atom. The molecule has 1 aromatic rings. The molecule has 0 unspecified atom stereocenters. The van der Waals surface area contributed by atoms with E-state index in [0.29, 0.717) is 13.0 Å². The molecule has 2 amide bonds. The molecule has 0 saturated carbocycles. The van der Waals surface area contributed by atoms with Crippen molar-refractivity contribution >= 4 is 23.8 Å². The predicted molar refractivity (Wildman–Crippen MR) is 98.6 cm³/mol. The van der Waals surface area contributed by atoms with Gasteiger partial charge >= 0.3 is 6.09 Å². The molecule has 1 aliphatic heterocycles. The molecule has 2 N–H and O–H groups in total. The maximum atomic E-state index is 12.3. The van der Waals surface area contributed by atoms with Crippen molar-refractivity contribution in [3.63, 3.8) is 0 Å². The third-order valence-electron chi connectivity index (χ3n) is 3.86. The van der Waals surface area contributed by atoms with E-state index in [4.69, 9.17) is 15.2 Å². The number of nitrogens with two attached hydrogens (primary N) is 1. The van der Waals surface area contributed by atoms with Gasteiger partial charge in [-0.1, -0.05) is 12.1 Å². The molecule has 0 radical (unpaired) electrons. The van der Waals surface area contributed by atoms with Crippen molar-refractivity contribution in [2.24, 2.45) is 5.73 Å². The van der Waals surface area contributed by atoms with Gasteiger partial charge in [-0.15, -0.1) is 0 Å². The van der Waals surface area contributed by atoms with Crippen molar-refractivity contribution in [1.82, 2.24) is 4.90 Å². The monoisotopic (exact) mass is 366 g/mol. The summed E-state index contributed by atoms with van der Waals surface area (Å²) in [6.07, 6.45) is 0.0684. The zero-order valence-electron chi connectivity index (χ0n) is 15.2. The maximum Gasteiger partial charge on any atom is 0.411 e. The van der Waals surface area contributed by atoms with Gasteiger partial charge in [0, 0.05) is 17.5 Å². The van der Waals surface area contributed by atoms with Gasteiger partial charge in [0.05, 0.1) is 7.11 Å². The molecular weight excluding hydrogens is 340 g/mol. The second kappa shape index (κ2) is 7.99. The quantitative estimate of drug-likeness (QED) is 0.866. The number of benzene rings is 1. The fourth-order valence-electron chi connectivity index (χ4n) is 2.65. The van der Waals surface area contributed by atoms with Crippen LogP contribution in [-0.2, 0) is 15.3 Å². The van der Waals surface area contributed by atoms with Gasteiger partial charge in [-0.05, 0) is 44.9 Å². The van der Waals surface area contributed by atoms with Crippen LogP contribution in [0.2, 0.25) is 0 Å². The largest absolute Gasteiger partial charge is 0.497 e. The molecule has 0 aliphatic carbocycles. The van der Waals surface area contributed by atoms with Crippen LogP contribution in [-0.4, -0.2) is 47.4 Å². The molecule has 2 atom stereocenters. The van der Waals surface area contributed by atoms with E-state index in [9.17, 15) is 9.59 Å². The number of methoxy groups -OCH3 is 1. The smallest absolute Gasteiger partial charge is 0.411 e. The first-order chi connectivity index (χ1) is 11.7. The molecule has 1 saturated heterocycles. The minimum Gasteiger partial charge on any atom is -0.497 e. The zero-order valence-corrected chi connectivity index (χ0v) is 16.0. The van der Waals surface area contributed by atoms with Crippen LogP contribution in [0.4, 0.5) is 4.79 Å². The number of carbonyl (C=O) groups is 2. The van der Waals surface area contributed by atoms with E-state index in [0.717, 1.165) is 17.1 Å². The second-order valence-electron chi connectivity index (χ2n) is 7.07. The van der Waals surface area contributed by atoms with Gasteiger partial charge in [-0.25, -0.2) is 4.79 Å². The van der Waals surface area contributed by atoms with E-state index in [1.54, 1.807) is 39.6 Å². The average molecular weight is 366 g/mol. The van der Waals surface area contributed by atoms with Crippen LogP contribution in [0.1, 0.15) is 32.8 Å². The topological polar surface area (TPSA) is 81.9 Å². The Labute approximate surface area is 153 Å². The number of hydrogen-bond donors (Lipinski definition) is 1. The first-order valence-corrected chi connectivity index (χ1v) is 9.28. The molecule has 1 aliphatic rings. The average Bonchev–Trinajstić information content (AvgIpc) is 2.96. The minimum absolute atomic E-state index is 0.145. The summed E-state index contributed by atoms with van der Waals surface area (Å²) in [4.78, 5) is 25.5. The summed E-state index contributed by atoms with van der Waals surface area (Å²) in [7, 11) is 1.64. The fraction of sp³-hybridized carbons (Fsp3) is 0.556. The number of rotatable bonds is 5. The van der Waals surface area contributed by atoms with Crippen LogP contribution in [0.3, 0.4) is 0 Å². The van der Waals surface area contributed by atoms with Gasteiger partial charge in [0.25, 0.3) is 0 Å². The predicted octanol–water partition coefficient (Wildman–Crippen LogP) is 2.79. The molecule has 1 fully saturated rings. The summed E-state index contributed by atoms with van der Waals surface area (Å²) in [5.74, 6) is 1.13. The van der Waals surface area contributed by atoms with Gasteiger partial charge in [-0.2, -0.15) is 11.8 Å². The number of nitrogens with zero attached hydrogens (tertiary/aromatic N) is 1. The number of ether oxygens (including phenoxy) is 2. The summed E-state index contributed by atoms with van der Waals surface area (Å²) in [5, 5.41) is 0.145. The van der Waals surface area contributed by atoms with E-state index in [2.05, 4.69) is 0 Å². The van der Waals surface area contributed by atoms with E-state index < -0.39 is 23.6 Å². The molecule has 2 rings (SSSR count). The van der Waals surface area contributed by atoms with Crippen LogP contribution < -0.4 is 10.5 Å². The van der Waals surface area contributed by atoms with Crippen molar-refractivity contribution in [3.8, 4) is 5.75 Å². The highest BCUT2D eigenvalue weighted by Gasteiger charge is 2.40. The third kappa shape index (κ3) is 5.56. The highest BCUT2D eigenvalue weighted by Crippen LogP contribution is 2.31. The maximum absolute atomic E-state index is 12.3. The Hall–Kier alpha value is -1.89. The Morgan fingerprint density at radius 3 is 2.44 bits per heavy atom.